The van der Waals surface area contributed by atoms with Crippen molar-refractivity contribution in [1.82, 2.24) is 0 Å². The highest BCUT2D eigenvalue weighted by atomic mass is 28.4. The maximum atomic E-state index is 10.1. The topological polar surface area (TPSA) is 147 Å². The van der Waals surface area contributed by atoms with Crippen LogP contribution in [0.2, 0.25) is 0 Å². The molecule has 0 aliphatic carbocycles. The van der Waals surface area contributed by atoms with Gasteiger partial charge in [0.2, 0.25) is 5.79 Å². The summed E-state index contributed by atoms with van der Waals surface area (Å²) >= 11 is 0. The zero-order valence-corrected chi connectivity index (χ0v) is 9.06. The summed E-state index contributed by atoms with van der Waals surface area (Å²) in [5.41, 5.74) is 0. The minimum Gasteiger partial charge on any atom is -0.391 e. The van der Waals surface area contributed by atoms with E-state index < -0.39 is 45.1 Å². The van der Waals surface area contributed by atoms with Gasteiger partial charge in [-0.1, -0.05) is 0 Å². The first-order valence-corrected chi connectivity index (χ1v) is 6.35. The first-order valence-electron chi connectivity index (χ1n) is 4.72. The Kier molecular flexibility index (Phi) is 1.45. The molecule has 5 aliphatic rings. The van der Waals surface area contributed by atoms with Crippen LogP contribution in [-0.2, 0) is 22.4 Å². The van der Waals surface area contributed by atoms with Crippen molar-refractivity contribution >= 4 is 9.05 Å². The smallest absolute Gasteiger partial charge is 0.391 e. The van der Waals surface area contributed by atoms with E-state index in [2.05, 4.69) is 0 Å². The monoisotopic (exact) mass is 268 g/mol. The Labute approximate surface area is 94.0 Å². The molecule has 5 aliphatic heterocycles. The summed E-state index contributed by atoms with van der Waals surface area (Å²) in [5.74, 6) is -10.2. The van der Waals surface area contributed by atoms with E-state index in [1.807, 2.05) is 0 Å². The minimum absolute atomic E-state index is 1.08. The van der Waals surface area contributed by atoms with Crippen molar-refractivity contribution in [1.29, 1.82) is 0 Å². The van der Waals surface area contributed by atoms with Gasteiger partial charge in [0, 0.05) is 0 Å². The fourth-order valence-corrected chi connectivity index (χ4v) is 4.95. The predicted octanol–water partition coefficient (Wildman–Crippen LogP) is -4.37. The van der Waals surface area contributed by atoms with Gasteiger partial charge in [0.15, 0.2) is 6.10 Å². The van der Waals surface area contributed by atoms with Crippen LogP contribution < -0.4 is 0 Å². The van der Waals surface area contributed by atoms with E-state index in [1.54, 1.807) is 0 Å². The zero-order chi connectivity index (χ0) is 12.3. The van der Waals surface area contributed by atoms with Crippen LogP contribution >= 0.6 is 0 Å². The Morgan fingerprint density at radius 3 is 2.24 bits per heavy atom. The minimum atomic E-state index is -3.69. The van der Waals surface area contributed by atoms with Gasteiger partial charge in [0.25, 0.3) is 5.79 Å². The molecule has 0 saturated carbocycles. The average Bonchev–Trinajstić information content (AvgIpc) is 2.68. The first-order chi connectivity index (χ1) is 7.75. The molecule has 0 aromatic heterocycles. The Morgan fingerprint density at radius 2 is 1.71 bits per heavy atom. The molecule has 5 rings (SSSR count). The molecule has 17 heavy (non-hydrogen) atoms. The summed E-state index contributed by atoms with van der Waals surface area (Å²) in [6, 6.07) is 0. The lowest BCUT2D eigenvalue weighted by Gasteiger charge is -2.60. The molecule has 0 aromatic carbocycles. The Hall–Kier alpha value is -0.183. The lowest BCUT2D eigenvalue weighted by Crippen LogP contribution is -2.88. The summed E-state index contributed by atoms with van der Waals surface area (Å²) in [6.07, 6.45) is -2.17. The third-order valence-electron chi connectivity index (χ3n) is 3.31. The first kappa shape index (κ1) is 10.7. The molecule has 5 saturated heterocycles. The number of hydrogen-bond donors (Lipinski definition) is 5. The highest BCUT2D eigenvalue weighted by Crippen LogP contribution is 2.69. The number of rotatable bonds is 1. The van der Waals surface area contributed by atoms with E-state index >= 15 is 0 Å². The molecule has 4 atom stereocenters. The standard InChI is InChI=1S/C6H8O10Si/c7-1-3(9)2(8)4(10)5(11)6(12-3)15-17(13-4,14-5)16-6/h2,7-11H,1H2/t2-,3+,4-,5-,6?,17?/m1/s1. The summed E-state index contributed by atoms with van der Waals surface area (Å²) < 4.78 is 24.5. The molecule has 5 N–H and O–H groups in total. The summed E-state index contributed by atoms with van der Waals surface area (Å²) in [5, 5.41) is 48.7. The van der Waals surface area contributed by atoms with Crippen molar-refractivity contribution in [3.8, 4) is 0 Å². The van der Waals surface area contributed by atoms with E-state index in [4.69, 9.17) is 27.5 Å². The molecule has 0 amide bonds. The van der Waals surface area contributed by atoms with Crippen molar-refractivity contribution in [2.75, 3.05) is 6.61 Å². The molecule has 5 fully saturated rings. The number of hydrogen-bond acceptors (Lipinski definition) is 10. The van der Waals surface area contributed by atoms with Gasteiger partial charge in [-0.05, 0) is 0 Å². The van der Waals surface area contributed by atoms with Crippen molar-refractivity contribution < 1.29 is 48.0 Å². The summed E-state index contributed by atoms with van der Waals surface area (Å²) in [4.78, 5) is 0. The van der Waals surface area contributed by atoms with Crippen LogP contribution in [0.3, 0.4) is 0 Å². The van der Waals surface area contributed by atoms with E-state index in [0.29, 0.717) is 0 Å². The highest BCUT2D eigenvalue weighted by molar-refractivity contribution is 6.58. The predicted molar refractivity (Wildman–Crippen MR) is 41.9 cm³/mol. The van der Waals surface area contributed by atoms with E-state index in [9.17, 15) is 20.4 Å². The van der Waals surface area contributed by atoms with Crippen molar-refractivity contribution in [2.45, 2.75) is 29.4 Å². The van der Waals surface area contributed by atoms with Crippen molar-refractivity contribution in [2.24, 2.45) is 0 Å². The van der Waals surface area contributed by atoms with Gasteiger partial charge >= 0.3 is 20.8 Å². The van der Waals surface area contributed by atoms with E-state index in [0.717, 1.165) is 0 Å². The second kappa shape index (κ2) is 2.30. The largest absolute Gasteiger partial charge is 0.692 e. The van der Waals surface area contributed by atoms with Gasteiger partial charge < -0.3 is 34.4 Å². The zero-order valence-electron chi connectivity index (χ0n) is 8.06. The third kappa shape index (κ3) is 0.765. The van der Waals surface area contributed by atoms with Crippen LogP contribution in [0.25, 0.3) is 0 Å². The second-order valence-corrected chi connectivity index (χ2v) is 6.13. The molecule has 3 bridgehead atoms. The van der Waals surface area contributed by atoms with E-state index in [1.165, 1.54) is 0 Å². The maximum absolute atomic E-state index is 10.1. The third-order valence-corrected chi connectivity index (χ3v) is 5.45. The number of ether oxygens (including phenoxy) is 1. The lowest BCUT2D eigenvalue weighted by molar-refractivity contribution is -0.592. The Balaban J connectivity index is 1.90. The van der Waals surface area contributed by atoms with Crippen LogP contribution in [0.15, 0.2) is 0 Å². The molecule has 10 nitrogen and oxygen atoms in total. The van der Waals surface area contributed by atoms with Crippen molar-refractivity contribution in [3.05, 3.63) is 0 Å². The second-order valence-electron chi connectivity index (χ2n) is 4.31. The molecular formula is C6H8O10Si. The van der Waals surface area contributed by atoms with Crippen LogP contribution in [0.1, 0.15) is 0 Å². The Morgan fingerprint density at radius 1 is 1.06 bits per heavy atom. The van der Waals surface area contributed by atoms with Gasteiger partial charge in [0.1, 0.15) is 6.61 Å². The fourth-order valence-electron chi connectivity index (χ4n) is 2.44. The van der Waals surface area contributed by atoms with Gasteiger partial charge in [-0.2, -0.15) is 0 Å². The summed E-state index contributed by atoms with van der Waals surface area (Å²) in [7, 11) is -3.69. The average molecular weight is 268 g/mol. The van der Waals surface area contributed by atoms with Crippen LogP contribution in [-0.4, -0.2) is 70.6 Å². The molecule has 5 heterocycles. The fraction of sp³-hybridized carbons (Fsp3) is 1.00. The lowest BCUT2D eigenvalue weighted by atomic mass is 9.88. The van der Waals surface area contributed by atoms with Crippen molar-refractivity contribution in [3.63, 3.8) is 0 Å². The number of aliphatic hydroxyl groups excluding tert-OH is 2. The quantitative estimate of drug-likeness (QED) is 0.295. The molecule has 11 heteroatoms. The van der Waals surface area contributed by atoms with E-state index in [-0.39, 0.29) is 0 Å². The SMILES string of the molecule is OC[C@]1(O)OC23O[Si]4(O2)O[C@]3(O)[C@](O)(O4)[C@@H]1O. The Bertz CT molecular complexity index is 423. The molecule has 96 valence electrons. The molecule has 0 unspecified atom stereocenters. The highest BCUT2D eigenvalue weighted by Gasteiger charge is 3.03. The van der Waals surface area contributed by atoms with Gasteiger partial charge in [-0.3, -0.25) is 13.6 Å². The van der Waals surface area contributed by atoms with Crippen LogP contribution in [0, 0.1) is 0 Å². The van der Waals surface area contributed by atoms with Gasteiger partial charge in [-0.15, -0.1) is 0 Å². The molecule has 2 spiro atoms. The van der Waals surface area contributed by atoms with Crippen LogP contribution in [0.5, 0.6) is 0 Å². The van der Waals surface area contributed by atoms with Gasteiger partial charge in [-0.25, -0.2) is 0 Å². The molecule has 0 aromatic rings. The van der Waals surface area contributed by atoms with Crippen LogP contribution in [0.4, 0.5) is 0 Å². The van der Waals surface area contributed by atoms with Gasteiger partial charge in [0.05, 0.1) is 0 Å². The number of aliphatic hydroxyl groups is 5. The molecular weight excluding hydrogens is 260 g/mol. The normalized spacial score (nSPS) is 71.5. The molecule has 0 radical (unpaired) electrons. The summed E-state index contributed by atoms with van der Waals surface area (Å²) in [6.45, 7) is -1.08. The maximum Gasteiger partial charge on any atom is 0.692 e.